The number of fused-ring (bicyclic) bond motifs is 1. The molecule has 0 radical (unpaired) electrons. The van der Waals surface area contributed by atoms with Gasteiger partial charge in [-0.2, -0.15) is 5.10 Å². The Hall–Kier alpha value is -3.74. The molecule has 1 aliphatic rings. The Morgan fingerprint density at radius 1 is 1.23 bits per heavy atom. The number of benzene rings is 1. The SMILES string of the molecule is Cc1ccccc1-c1cc2cc(NC(=O)[C@H]3C[C@@H]3c3cnn(C)c3)ncc2c(N)n1. The number of aryl methyl sites for hydroxylation is 2. The Bertz CT molecular complexity index is 1280. The summed E-state index contributed by atoms with van der Waals surface area (Å²) in [5, 5.41) is 8.81. The Balaban J connectivity index is 1.40. The molecule has 5 rings (SSSR count). The average molecular weight is 398 g/mol. The summed E-state index contributed by atoms with van der Waals surface area (Å²) < 4.78 is 1.76. The summed E-state index contributed by atoms with van der Waals surface area (Å²) >= 11 is 0. The third-order valence-corrected chi connectivity index (χ3v) is 5.70. The normalized spacial score (nSPS) is 17.8. The van der Waals surface area contributed by atoms with Crippen molar-refractivity contribution in [2.45, 2.75) is 19.3 Å². The van der Waals surface area contributed by atoms with Crippen LogP contribution in [0.3, 0.4) is 0 Å². The predicted molar refractivity (Wildman–Crippen MR) is 117 cm³/mol. The molecule has 1 aliphatic carbocycles. The third kappa shape index (κ3) is 3.28. The molecule has 7 heteroatoms. The van der Waals surface area contributed by atoms with E-state index in [4.69, 9.17) is 5.73 Å². The van der Waals surface area contributed by atoms with Gasteiger partial charge in [0.05, 0.1) is 11.9 Å². The molecule has 3 N–H and O–H groups in total. The Kier molecular flexibility index (Phi) is 4.24. The van der Waals surface area contributed by atoms with Crippen LogP contribution in [-0.2, 0) is 11.8 Å². The summed E-state index contributed by atoms with van der Waals surface area (Å²) in [6.07, 6.45) is 6.30. The number of aromatic nitrogens is 4. The minimum atomic E-state index is -0.0447. The van der Waals surface area contributed by atoms with Crippen LogP contribution >= 0.6 is 0 Å². The van der Waals surface area contributed by atoms with Gasteiger partial charge in [-0.1, -0.05) is 24.3 Å². The maximum atomic E-state index is 12.7. The summed E-state index contributed by atoms with van der Waals surface area (Å²) in [6.45, 7) is 2.05. The van der Waals surface area contributed by atoms with Gasteiger partial charge in [-0.05, 0) is 47.9 Å². The average Bonchev–Trinajstić information content (AvgIpc) is 3.42. The number of anilines is 2. The molecular formula is C23H22N6O. The summed E-state index contributed by atoms with van der Waals surface area (Å²) in [6, 6.07) is 11.9. The minimum absolute atomic E-state index is 0.0168. The molecule has 1 aromatic carbocycles. The molecule has 150 valence electrons. The van der Waals surface area contributed by atoms with E-state index < -0.39 is 0 Å². The van der Waals surface area contributed by atoms with Gasteiger partial charge in [0.2, 0.25) is 5.91 Å². The summed E-state index contributed by atoms with van der Waals surface area (Å²) in [5.41, 5.74) is 10.3. The van der Waals surface area contributed by atoms with Crippen LogP contribution < -0.4 is 11.1 Å². The van der Waals surface area contributed by atoms with E-state index in [0.29, 0.717) is 11.6 Å². The lowest BCUT2D eigenvalue weighted by Crippen LogP contribution is -2.15. The lowest BCUT2D eigenvalue weighted by Gasteiger charge is -2.10. The zero-order valence-corrected chi connectivity index (χ0v) is 16.8. The van der Waals surface area contributed by atoms with Crippen LogP contribution in [0.1, 0.15) is 23.5 Å². The highest BCUT2D eigenvalue weighted by atomic mass is 16.2. The molecule has 2 atom stereocenters. The van der Waals surface area contributed by atoms with Gasteiger partial charge in [0, 0.05) is 36.3 Å². The van der Waals surface area contributed by atoms with Gasteiger partial charge in [-0.15, -0.1) is 0 Å². The molecule has 0 saturated heterocycles. The van der Waals surface area contributed by atoms with Crippen molar-refractivity contribution < 1.29 is 4.79 Å². The van der Waals surface area contributed by atoms with Gasteiger partial charge in [0.1, 0.15) is 11.6 Å². The van der Waals surface area contributed by atoms with Gasteiger partial charge in [-0.3, -0.25) is 9.48 Å². The van der Waals surface area contributed by atoms with Crippen LogP contribution in [0.4, 0.5) is 11.6 Å². The van der Waals surface area contributed by atoms with Crippen LogP contribution in [0.15, 0.2) is 55.0 Å². The van der Waals surface area contributed by atoms with E-state index in [1.54, 1.807) is 10.9 Å². The number of hydrogen-bond acceptors (Lipinski definition) is 5. The van der Waals surface area contributed by atoms with E-state index in [1.165, 1.54) is 0 Å². The van der Waals surface area contributed by atoms with Crippen molar-refractivity contribution in [2.24, 2.45) is 13.0 Å². The number of rotatable bonds is 4. The first-order valence-electron chi connectivity index (χ1n) is 9.91. The van der Waals surface area contributed by atoms with Crippen molar-refractivity contribution >= 4 is 28.3 Å². The highest BCUT2D eigenvalue weighted by Gasteiger charge is 2.44. The molecule has 3 aromatic heterocycles. The number of nitrogens with one attached hydrogen (secondary N) is 1. The van der Waals surface area contributed by atoms with Gasteiger partial charge in [-0.25, -0.2) is 9.97 Å². The van der Waals surface area contributed by atoms with E-state index in [9.17, 15) is 4.79 Å². The molecule has 0 unspecified atom stereocenters. The molecule has 3 heterocycles. The Morgan fingerprint density at radius 2 is 2.07 bits per heavy atom. The van der Waals surface area contributed by atoms with Crippen molar-refractivity contribution in [3.05, 3.63) is 66.1 Å². The summed E-state index contributed by atoms with van der Waals surface area (Å²) in [7, 11) is 1.88. The number of nitrogens with two attached hydrogens (primary N) is 1. The molecule has 1 saturated carbocycles. The van der Waals surface area contributed by atoms with Gasteiger partial charge >= 0.3 is 0 Å². The monoisotopic (exact) mass is 398 g/mol. The Labute approximate surface area is 174 Å². The number of carbonyl (C=O) groups is 1. The van der Waals surface area contributed by atoms with E-state index in [-0.39, 0.29) is 17.7 Å². The number of hydrogen-bond donors (Lipinski definition) is 2. The molecular weight excluding hydrogens is 376 g/mol. The zero-order chi connectivity index (χ0) is 20.8. The standard InChI is InChI=1S/C23H22N6O/c1-13-5-3-4-6-16(13)20-7-14-8-21(25-11-19(14)22(24)27-20)28-23(30)18-9-17(18)15-10-26-29(2)12-15/h3-8,10-12,17-18H,9H2,1-2H3,(H2,24,27)(H,25,28,30)/t17-,18+/m1/s1. The van der Waals surface area contributed by atoms with Crippen LogP contribution in [0.25, 0.3) is 22.0 Å². The van der Waals surface area contributed by atoms with Crippen LogP contribution in [0.5, 0.6) is 0 Å². The lowest BCUT2D eigenvalue weighted by molar-refractivity contribution is -0.117. The van der Waals surface area contributed by atoms with Gasteiger partial charge in [0.15, 0.2) is 0 Å². The second kappa shape index (κ2) is 6.95. The summed E-state index contributed by atoms with van der Waals surface area (Å²) in [5.74, 6) is 1.11. The minimum Gasteiger partial charge on any atom is -0.383 e. The van der Waals surface area contributed by atoms with Crippen molar-refractivity contribution in [2.75, 3.05) is 11.1 Å². The number of nitrogen functional groups attached to an aromatic ring is 1. The van der Waals surface area contributed by atoms with E-state index in [2.05, 4.69) is 20.4 Å². The van der Waals surface area contributed by atoms with E-state index >= 15 is 0 Å². The quantitative estimate of drug-likeness (QED) is 0.547. The molecule has 30 heavy (non-hydrogen) atoms. The van der Waals surface area contributed by atoms with Gasteiger partial charge in [0.25, 0.3) is 0 Å². The highest BCUT2D eigenvalue weighted by molar-refractivity contribution is 5.98. The fraction of sp³-hybridized carbons (Fsp3) is 0.217. The highest BCUT2D eigenvalue weighted by Crippen LogP contribution is 2.47. The second-order valence-electron chi connectivity index (χ2n) is 7.88. The third-order valence-electron chi connectivity index (χ3n) is 5.70. The molecule has 0 aliphatic heterocycles. The molecule has 0 spiro atoms. The van der Waals surface area contributed by atoms with E-state index in [1.807, 2.05) is 62.8 Å². The first kappa shape index (κ1) is 18.3. The maximum absolute atomic E-state index is 12.7. The number of nitrogens with zero attached hydrogens (tertiary/aromatic N) is 4. The molecule has 7 nitrogen and oxygen atoms in total. The maximum Gasteiger partial charge on any atom is 0.229 e. The Morgan fingerprint density at radius 3 is 2.83 bits per heavy atom. The number of carbonyl (C=O) groups excluding carboxylic acids is 1. The fourth-order valence-electron chi connectivity index (χ4n) is 3.94. The lowest BCUT2D eigenvalue weighted by atomic mass is 10.0. The molecule has 1 fully saturated rings. The van der Waals surface area contributed by atoms with Crippen molar-refractivity contribution in [1.29, 1.82) is 0 Å². The largest absolute Gasteiger partial charge is 0.383 e. The van der Waals surface area contributed by atoms with Crippen molar-refractivity contribution in [3.8, 4) is 11.3 Å². The first-order valence-corrected chi connectivity index (χ1v) is 9.91. The van der Waals surface area contributed by atoms with Crippen molar-refractivity contribution in [3.63, 3.8) is 0 Å². The van der Waals surface area contributed by atoms with Crippen LogP contribution in [0.2, 0.25) is 0 Å². The number of amides is 1. The molecule has 1 amide bonds. The smallest absolute Gasteiger partial charge is 0.229 e. The predicted octanol–water partition coefficient (Wildman–Crippen LogP) is 3.66. The first-order chi connectivity index (χ1) is 14.5. The van der Waals surface area contributed by atoms with Crippen molar-refractivity contribution in [1.82, 2.24) is 19.7 Å². The second-order valence-corrected chi connectivity index (χ2v) is 7.88. The van der Waals surface area contributed by atoms with E-state index in [0.717, 1.165) is 39.6 Å². The molecule has 0 bridgehead atoms. The zero-order valence-electron chi connectivity index (χ0n) is 16.8. The molecule has 4 aromatic rings. The fourth-order valence-corrected chi connectivity index (χ4v) is 3.94. The topological polar surface area (TPSA) is 98.7 Å². The van der Waals surface area contributed by atoms with Gasteiger partial charge < -0.3 is 11.1 Å². The number of pyridine rings is 2. The van der Waals surface area contributed by atoms with Crippen LogP contribution in [-0.4, -0.2) is 25.7 Å². The van der Waals surface area contributed by atoms with Crippen LogP contribution in [0, 0.1) is 12.8 Å². The summed E-state index contributed by atoms with van der Waals surface area (Å²) in [4.78, 5) is 21.6.